The van der Waals surface area contributed by atoms with Crippen LogP contribution in [0.25, 0.3) is 85.9 Å². The highest BCUT2D eigenvalue weighted by molar-refractivity contribution is 7.26. The summed E-state index contributed by atoms with van der Waals surface area (Å²) in [5.41, 5.74) is 12.0. The van der Waals surface area contributed by atoms with Crippen LogP contribution in [0.2, 0.25) is 0 Å². The number of ether oxygens (including phenoxy) is 1. The quantitative estimate of drug-likeness (QED) is 0.156. The number of anilines is 3. The summed E-state index contributed by atoms with van der Waals surface area (Å²) in [4.78, 5) is 2.47. The minimum absolute atomic E-state index is 0.654. The molecule has 59 heavy (non-hydrogen) atoms. The van der Waals surface area contributed by atoms with Gasteiger partial charge in [0, 0.05) is 48.8 Å². The van der Waals surface area contributed by atoms with Gasteiger partial charge in [-0.15, -0.1) is 11.3 Å². The lowest BCUT2D eigenvalue weighted by Crippen LogP contribution is -2.12. The molecule has 11 aromatic rings. The van der Waals surface area contributed by atoms with Crippen LogP contribution >= 0.6 is 11.3 Å². The summed E-state index contributed by atoms with van der Waals surface area (Å²) in [6.45, 7) is 0.654. The Labute approximate surface area is 346 Å². The van der Waals surface area contributed by atoms with E-state index in [1.807, 2.05) is 11.3 Å². The van der Waals surface area contributed by atoms with E-state index in [0.717, 1.165) is 34.8 Å². The van der Waals surface area contributed by atoms with E-state index < -0.39 is 0 Å². The molecule has 1 aliphatic rings. The smallest absolute Gasteiger partial charge is 0.132 e. The van der Waals surface area contributed by atoms with Crippen molar-refractivity contribution < 1.29 is 4.74 Å². The van der Waals surface area contributed by atoms with E-state index >= 15 is 0 Å². The SMILES string of the molecule is c1ccc(-c2cccc3c2sc2cccc(-c4ccc(N(c5ccc(-c6cccc7ccccc67)c6c5CCO6)c5cccc6c5ccc5ccccc56)cc4)c23)cc1. The minimum Gasteiger partial charge on any atom is -0.492 e. The van der Waals surface area contributed by atoms with Crippen LogP contribution in [0.1, 0.15) is 5.56 Å². The molecule has 0 bridgehead atoms. The topological polar surface area (TPSA) is 12.5 Å². The van der Waals surface area contributed by atoms with E-state index in [0.29, 0.717) is 6.61 Å². The predicted octanol–water partition coefficient (Wildman–Crippen LogP) is 15.9. The Morgan fingerprint density at radius 2 is 1.07 bits per heavy atom. The van der Waals surface area contributed by atoms with Crippen LogP contribution < -0.4 is 9.64 Å². The van der Waals surface area contributed by atoms with Crippen LogP contribution in [0, 0.1) is 0 Å². The molecule has 0 unspecified atom stereocenters. The first-order valence-electron chi connectivity index (χ1n) is 20.4. The monoisotopic (exact) mass is 771 g/mol. The number of benzene rings is 10. The summed E-state index contributed by atoms with van der Waals surface area (Å²) in [6, 6.07) is 73.3. The highest BCUT2D eigenvalue weighted by Crippen LogP contribution is 2.50. The van der Waals surface area contributed by atoms with Crippen molar-refractivity contribution in [1.82, 2.24) is 0 Å². The number of rotatable bonds is 6. The fourth-order valence-electron chi connectivity index (χ4n) is 9.51. The maximum Gasteiger partial charge on any atom is 0.132 e. The first-order chi connectivity index (χ1) is 29.3. The first-order valence-corrected chi connectivity index (χ1v) is 21.2. The van der Waals surface area contributed by atoms with E-state index in [-0.39, 0.29) is 0 Å². The van der Waals surface area contributed by atoms with Gasteiger partial charge in [-0.05, 0) is 91.1 Å². The maximum atomic E-state index is 6.60. The van der Waals surface area contributed by atoms with Crippen molar-refractivity contribution in [3.63, 3.8) is 0 Å². The molecule has 0 aliphatic carbocycles. The molecule has 10 aromatic carbocycles. The summed E-state index contributed by atoms with van der Waals surface area (Å²) >= 11 is 1.89. The second-order valence-corrected chi connectivity index (χ2v) is 16.5. The Bertz CT molecular complexity index is 3410. The lowest BCUT2D eigenvalue weighted by Gasteiger charge is -2.29. The van der Waals surface area contributed by atoms with Crippen molar-refractivity contribution in [2.45, 2.75) is 6.42 Å². The second kappa shape index (κ2) is 13.7. The normalized spacial score (nSPS) is 12.4. The zero-order valence-corrected chi connectivity index (χ0v) is 33.0. The van der Waals surface area contributed by atoms with Crippen molar-refractivity contribution >= 4 is 80.9 Å². The lowest BCUT2D eigenvalue weighted by molar-refractivity contribution is 0.358. The van der Waals surface area contributed by atoms with Gasteiger partial charge in [-0.1, -0.05) is 164 Å². The number of hydrogen-bond donors (Lipinski definition) is 0. The maximum absolute atomic E-state index is 6.60. The summed E-state index contributed by atoms with van der Waals surface area (Å²) in [7, 11) is 0. The van der Waals surface area contributed by atoms with Gasteiger partial charge in [-0.25, -0.2) is 0 Å². The molecule has 0 saturated heterocycles. The third kappa shape index (κ3) is 5.46. The standard InChI is InChI=1S/C56H37NOS/c1-2-12-37(13-3-1)44-20-9-23-50-54-43(19-11-25-53(54)59-56(44)50)39-26-29-40(30-27-39)57(51-24-10-22-45-42-18-7-5-15-38(42)28-31-47(45)51)52-33-32-48(55-49(52)34-35-58-55)46-21-8-16-36-14-4-6-17-41(36)46/h1-33H,34-35H2. The molecule has 3 heteroatoms. The van der Waals surface area contributed by atoms with Crippen molar-refractivity contribution in [2.75, 3.05) is 11.5 Å². The molecule has 2 nitrogen and oxygen atoms in total. The lowest BCUT2D eigenvalue weighted by atomic mass is 9.94. The van der Waals surface area contributed by atoms with Gasteiger partial charge in [-0.2, -0.15) is 0 Å². The van der Waals surface area contributed by atoms with Crippen molar-refractivity contribution in [2.24, 2.45) is 0 Å². The fraction of sp³-hybridized carbons (Fsp3) is 0.0357. The summed E-state index contributed by atoms with van der Waals surface area (Å²) in [6.07, 6.45) is 0.837. The summed E-state index contributed by atoms with van der Waals surface area (Å²) < 4.78 is 9.23. The summed E-state index contributed by atoms with van der Waals surface area (Å²) in [5.74, 6) is 0.983. The fourth-order valence-corrected chi connectivity index (χ4v) is 10.8. The zero-order valence-electron chi connectivity index (χ0n) is 32.2. The molecule has 0 spiro atoms. The van der Waals surface area contributed by atoms with Gasteiger partial charge < -0.3 is 9.64 Å². The third-order valence-corrected chi connectivity index (χ3v) is 13.4. The number of nitrogens with zero attached hydrogens (tertiary/aromatic N) is 1. The van der Waals surface area contributed by atoms with Gasteiger partial charge in [0.1, 0.15) is 5.75 Å². The Kier molecular flexibility index (Phi) is 7.89. The Morgan fingerprint density at radius 3 is 1.95 bits per heavy atom. The first kappa shape index (κ1) is 33.9. The van der Waals surface area contributed by atoms with Crippen LogP contribution in [-0.2, 0) is 6.42 Å². The molecule has 278 valence electrons. The van der Waals surface area contributed by atoms with Gasteiger partial charge >= 0.3 is 0 Å². The second-order valence-electron chi connectivity index (χ2n) is 15.4. The molecular formula is C56H37NOS. The molecule has 0 fully saturated rings. The van der Waals surface area contributed by atoms with Gasteiger partial charge in [0.05, 0.1) is 18.0 Å². The molecule has 0 atom stereocenters. The number of thiophene rings is 1. The van der Waals surface area contributed by atoms with Gasteiger partial charge in [-0.3, -0.25) is 0 Å². The number of fused-ring (bicyclic) bond motifs is 8. The van der Waals surface area contributed by atoms with Crippen molar-refractivity contribution in [3.05, 3.63) is 206 Å². The highest BCUT2D eigenvalue weighted by Gasteiger charge is 2.27. The molecule has 0 saturated carbocycles. The number of hydrogen-bond acceptors (Lipinski definition) is 3. The van der Waals surface area contributed by atoms with Crippen molar-refractivity contribution in [1.29, 1.82) is 0 Å². The minimum atomic E-state index is 0.654. The van der Waals surface area contributed by atoms with Crippen LogP contribution in [-0.4, -0.2) is 6.61 Å². The molecule has 1 aliphatic heterocycles. The predicted molar refractivity (Wildman–Crippen MR) is 252 cm³/mol. The largest absolute Gasteiger partial charge is 0.492 e. The van der Waals surface area contributed by atoms with Crippen LogP contribution in [0.15, 0.2) is 200 Å². The average Bonchev–Trinajstić information content (AvgIpc) is 3.96. The summed E-state index contributed by atoms with van der Waals surface area (Å²) in [5, 5.41) is 10.0. The molecule has 1 aromatic heterocycles. The van der Waals surface area contributed by atoms with E-state index in [4.69, 9.17) is 4.74 Å². The molecular weight excluding hydrogens is 735 g/mol. The average molecular weight is 772 g/mol. The Morgan fingerprint density at radius 1 is 0.407 bits per heavy atom. The van der Waals surface area contributed by atoms with Gasteiger partial charge in [0.15, 0.2) is 0 Å². The van der Waals surface area contributed by atoms with Crippen LogP contribution in [0.4, 0.5) is 17.1 Å². The molecule has 0 N–H and O–H groups in total. The van der Waals surface area contributed by atoms with Crippen LogP contribution in [0.3, 0.4) is 0 Å². The van der Waals surface area contributed by atoms with E-state index in [9.17, 15) is 0 Å². The van der Waals surface area contributed by atoms with E-state index in [2.05, 4.69) is 205 Å². The third-order valence-electron chi connectivity index (χ3n) is 12.2. The molecule has 2 heterocycles. The molecule has 12 rings (SSSR count). The van der Waals surface area contributed by atoms with Crippen molar-refractivity contribution in [3.8, 4) is 39.1 Å². The van der Waals surface area contributed by atoms with E-state index in [1.54, 1.807) is 0 Å². The van der Waals surface area contributed by atoms with E-state index in [1.165, 1.54) is 85.9 Å². The van der Waals surface area contributed by atoms with Gasteiger partial charge in [0.2, 0.25) is 0 Å². The Hall–Kier alpha value is -7.20. The molecule has 0 radical (unpaired) electrons. The highest BCUT2D eigenvalue weighted by atomic mass is 32.1. The van der Waals surface area contributed by atoms with Gasteiger partial charge in [0.25, 0.3) is 0 Å². The zero-order chi connectivity index (χ0) is 38.9. The van der Waals surface area contributed by atoms with Crippen LogP contribution in [0.5, 0.6) is 5.75 Å². The Balaban J connectivity index is 1.04. The molecule has 0 amide bonds.